The van der Waals surface area contributed by atoms with E-state index in [0.717, 1.165) is 11.3 Å². The molecular weight excluding hydrogens is 352 g/mol. The first-order valence-corrected chi connectivity index (χ1v) is 8.21. The number of carbonyl (C=O) groups is 1. The van der Waals surface area contributed by atoms with E-state index in [-0.39, 0.29) is 4.21 Å². The Morgan fingerprint density at radius 1 is 1.26 bits per heavy atom. The van der Waals surface area contributed by atoms with Crippen molar-refractivity contribution in [2.24, 2.45) is 5.73 Å². The summed E-state index contributed by atoms with van der Waals surface area (Å²) >= 11 is 4.31. The highest BCUT2D eigenvalue weighted by molar-refractivity contribution is 9.10. The Morgan fingerprint density at radius 3 is 2.37 bits per heavy atom. The topological polar surface area (TPSA) is 89.3 Å². The molecule has 100 valence electrons. The second kappa shape index (κ2) is 5.32. The van der Waals surface area contributed by atoms with Gasteiger partial charge < -0.3 is 5.73 Å². The zero-order valence-corrected chi connectivity index (χ0v) is 12.7. The van der Waals surface area contributed by atoms with Gasteiger partial charge in [-0.2, -0.15) is 0 Å². The van der Waals surface area contributed by atoms with Crippen LogP contribution in [0.4, 0.5) is 5.69 Å². The predicted octanol–water partition coefficient (Wildman–Crippen LogP) is 2.41. The Bertz CT molecular complexity index is 708. The normalized spacial score (nSPS) is 11.2. The highest BCUT2D eigenvalue weighted by Crippen LogP contribution is 2.26. The van der Waals surface area contributed by atoms with Crippen LogP contribution in [0.3, 0.4) is 0 Å². The van der Waals surface area contributed by atoms with Crippen molar-refractivity contribution < 1.29 is 13.2 Å². The number of nitrogens with two attached hydrogens (primary N) is 1. The van der Waals surface area contributed by atoms with Gasteiger partial charge in [-0.05, 0) is 46.3 Å². The van der Waals surface area contributed by atoms with Crippen LogP contribution in [0.5, 0.6) is 0 Å². The molecule has 0 aliphatic heterocycles. The summed E-state index contributed by atoms with van der Waals surface area (Å²) in [4.78, 5) is 10.9. The summed E-state index contributed by atoms with van der Waals surface area (Å²) in [7, 11) is -3.60. The van der Waals surface area contributed by atoms with Gasteiger partial charge in [0.1, 0.15) is 4.21 Å². The average molecular weight is 361 g/mol. The first-order valence-electron chi connectivity index (χ1n) is 5.05. The predicted molar refractivity (Wildman–Crippen MR) is 77.8 cm³/mol. The van der Waals surface area contributed by atoms with Crippen LogP contribution in [0.1, 0.15) is 10.4 Å². The molecule has 0 bridgehead atoms. The average Bonchev–Trinajstić information content (AvgIpc) is 2.77. The number of rotatable bonds is 4. The Hall–Kier alpha value is -1.38. The first kappa shape index (κ1) is 14.0. The molecule has 1 amide bonds. The molecule has 3 N–H and O–H groups in total. The number of amides is 1. The Kier molecular flexibility index (Phi) is 3.93. The van der Waals surface area contributed by atoms with Crippen molar-refractivity contribution in [3.05, 3.63) is 45.7 Å². The number of primary amides is 1. The number of thiophene rings is 1. The summed E-state index contributed by atoms with van der Waals surface area (Å²) in [6, 6.07) is 7.42. The number of hydrogen-bond acceptors (Lipinski definition) is 4. The summed E-state index contributed by atoms with van der Waals surface area (Å²) in [5.41, 5.74) is 5.79. The molecule has 1 heterocycles. The summed E-state index contributed by atoms with van der Waals surface area (Å²) in [5, 5.41) is 1.69. The largest absolute Gasteiger partial charge is 0.366 e. The molecule has 0 saturated carbocycles. The molecule has 0 radical (unpaired) electrons. The molecule has 1 aromatic heterocycles. The first-order chi connectivity index (χ1) is 8.88. The van der Waals surface area contributed by atoms with Gasteiger partial charge in [-0.1, -0.05) is 0 Å². The van der Waals surface area contributed by atoms with Gasteiger partial charge in [0.15, 0.2) is 0 Å². The maximum atomic E-state index is 12.0. The molecule has 2 aromatic rings. The molecule has 0 fully saturated rings. The fourth-order valence-electron chi connectivity index (χ4n) is 1.34. The van der Waals surface area contributed by atoms with Gasteiger partial charge in [0.2, 0.25) is 5.91 Å². The van der Waals surface area contributed by atoms with Crippen LogP contribution in [-0.4, -0.2) is 14.3 Å². The Labute approximate surface area is 122 Å². The van der Waals surface area contributed by atoms with E-state index in [2.05, 4.69) is 20.7 Å². The SMILES string of the molecule is NC(=O)c1ccc(NS(=O)(=O)c2cc(Br)cs2)cc1. The number of benzene rings is 1. The van der Waals surface area contributed by atoms with Crippen LogP contribution in [-0.2, 0) is 10.0 Å². The Balaban J connectivity index is 2.23. The maximum absolute atomic E-state index is 12.0. The zero-order valence-electron chi connectivity index (χ0n) is 9.46. The monoisotopic (exact) mass is 360 g/mol. The molecule has 0 unspecified atom stereocenters. The molecule has 0 saturated heterocycles. The van der Waals surface area contributed by atoms with Crippen molar-refractivity contribution in [1.29, 1.82) is 0 Å². The third-order valence-electron chi connectivity index (χ3n) is 2.23. The van der Waals surface area contributed by atoms with Gasteiger partial charge in [-0.3, -0.25) is 9.52 Å². The van der Waals surface area contributed by atoms with E-state index in [1.54, 1.807) is 5.38 Å². The molecule has 0 aliphatic carbocycles. The second-order valence-electron chi connectivity index (χ2n) is 3.63. The quantitative estimate of drug-likeness (QED) is 0.876. The third kappa shape index (κ3) is 3.34. The van der Waals surface area contributed by atoms with Gasteiger partial charge in [-0.25, -0.2) is 8.42 Å². The van der Waals surface area contributed by atoms with Crippen LogP contribution >= 0.6 is 27.3 Å². The number of hydrogen-bond donors (Lipinski definition) is 2. The van der Waals surface area contributed by atoms with Crippen LogP contribution in [0, 0.1) is 0 Å². The Morgan fingerprint density at radius 2 is 1.89 bits per heavy atom. The fourth-order valence-corrected chi connectivity index (χ4v) is 4.25. The lowest BCUT2D eigenvalue weighted by molar-refractivity contribution is 0.100. The van der Waals surface area contributed by atoms with E-state index in [4.69, 9.17) is 5.73 Å². The molecule has 1 aromatic carbocycles. The number of halogens is 1. The highest BCUT2D eigenvalue weighted by atomic mass is 79.9. The number of nitrogens with one attached hydrogen (secondary N) is 1. The van der Waals surface area contributed by atoms with Crippen molar-refractivity contribution in [1.82, 2.24) is 0 Å². The fraction of sp³-hybridized carbons (Fsp3) is 0. The third-order valence-corrected chi connectivity index (χ3v) is 5.81. The number of sulfonamides is 1. The van der Waals surface area contributed by atoms with E-state index in [1.165, 1.54) is 30.3 Å². The summed E-state index contributed by atoms with van der Waals surface area (Å²) in [6.45, 7) is 0. The lowest BCUT2D eigenvalue weighted by Crippen LogP contribution is -2.13. The maximum Gasteiger partial charge on any atom is 0.271 e. The van der Waals surface area contributed by atoms with Crippen molar-refractivity contribution >= 4 is 48.9 Å². The van der Waals surface area contributed by atoms with Gasteiger partial charge >= 0.3 is 0 Å². The van der Waals surface area contributed by atoms with E-state index in [1.807, 2.05) is 0 Å². The van der Waals surface area contributed by atoms with E-state index in [0.29, 0.717) is 15.7 Å². The van der Waals surface area contributed by atoms with Gasteiger partial charge in [0.25, 0.3) is 10.0 Å². The molecule has 2 rings (SSSR count). The van der Waals surface area contributed by atoms with Crippen molar-refractivity contribution in [2.75, 3.05) is 4.72 Å². The smallest absolute Gasteiger partial charge is 0.271 e. The van der Waals surface area contributed by atoms with E-state index >= 15 is 0 Å². The van der Waals surface area contributed by atoms with Gasteiger partial charge in [-0.15, -0.1) is 11.3 Å². The van der Waals surface area contributed by atoms with Crippen molar-refractivity contribution in [3.63, 3.8) is 0 Å². The minimum atomic E-state index is -3.60. The van der Waals surface area contributed by atoms with Crippen LogP contribution in [0.15, 0.2) is 44.4 Å². The molecule has 5 nitrogen and oxygen atoms in total. The summed E-state index contributed by atoms with van der Waals surface area (Å²) in [6.07, 6.45) is 0. The van der Waals surface area contributed by atoms with Crippen molar-refractivity contribution in [2.45, 2.75) is 4.21 Å². The lowest BCUT2D eigenvalue weighted by Gasteiger charge is -2.06. The van der Waals surface area contributed by atoms with Crippen LogP contribution in [0.25, 0.3) is 0 Å². The molecule has 0 atom stereocenters. The minimum absolute atomic E-state index is 0.207. The van der Waals surface area contributed by atoms with Gasteiger partial charge in [0, 0.05) is 21.1 Å². The van der Waals surface area contributed by atoms with E-state index in [9.17, 15) is 13.2 Å². The standard InChI is InChI=1S/C11H9BrN2O3S2/c12-8-5-10(18-6-8)19(16,17)14-9-3-1-7(2-4-9)11(13)15/h1-6,14H,(H2,13,15). The molecule has 0 spiro atoms. The minimum Gasteiger partial charge on any atom is -0.366 e. The number of carbonyl (C=O) groups excluding carboxylic acids is 1. The van der Waals surface area contributed by atoms with Crippen LogP contribution < -0.4 is 10.5 Å². The van der Waals surface area contributed by atoms with E-state index < -0.39 is 15.9 Å². The molecular formula is C11H9BrN2O3S2. The summed E-state index contributed by atoms with van der Waals surface area (Å²) < 4.78 is 27.4. The lowest BCUT2D eigenvalue weighted by atomic mass is 10.2. The second-order valence-corrected chi connectivity index (χ2v) is 7.37. The van der Waals surface area contributed by atoms with Gasteiger partial charge in [0.05, 0.1) is 0 Å². The van der Waals surface area contributed by atoms with Crippen molar-refractivity contribution in [3.8, 4) is 0 Å². The summed E-state index contributed by atoms with van der Waals surface area (Å²) in [5.74, 6) is -0.559. The number of anilines is 1. The molecule has 19 heavy (non-hydrogen) atoms. The molecule has 0 aliphatic rings. The van der Waals surface area contributed by atoms with Crippen LogP contribution in [0.2, 0.25) is 0 Å². The molecule has 8 heteroatoms. The zero-order chi connectivity index (χ0) is 14.0. The highest BCUT2D eigenvalue weighted by Gasteiger charge is 2.16.